The van der Waals surface area contributed by atoms with E-state index < -0.39 is 6.03 Å². The van der Waals surface area contributed by atoms with Gasteiger partial charge in [-0.25, -0.2) is 9.78 Å². The van der Waals surface area contributed by atoms with Gasteiger partial charge < -0.3 is 11.1 Å². The summed E-state index contributed by atoms with van der Waals surface area (Å²) in [6.45, 7) is 0. The van der Waals surface area contributed by atoms with Gasteiger partial charge in [0.05, 0.1) is 0 Å². The fourth-order valence-corrected chi connectivity index (χ4v) is 1.39. The van der Waals surface area contributed by atoms with E-state index in [0.717, 1.165) is 10.9 Å². The maximum absolute atomic E-state index is 10.7. The average molecular weight is 188 g/mol. The van der Waals surface area contributed by atoms with E-state index >= 15 is 0 Å². The Balaban J connectivity index is 2.59. The minimum Gasteiger partial charge on any atom is -0.351 e. The lowest BCUT2D eigenvalue weighted by molar-refractivity contribution is -0.344. The molecule has 2 rings (SSSR count). The number of amides is 2. The zero-order chi connectivity index (χ0) is 9.97. The second-order valence-electron chi connectivity index (χ2n) is 2.93. The van der Waals surface area contributed by atoms with Crippen molar-refractivity contribution in [2.75, 3.05) is 5.32 Å². The minimum absolute atomic E-state index is 0.560. The van der Waals surface area contributed by atoms with Crippen LogP contribution in [-0.2, 0) is 0 Å². The predicted molar refractivity (Wildman–Crippen MR) is 53.7 cm³/mol. The number of hydrogen-bond donors (Lipinski definition) is 2. The number of carbonyl (C=O) groups is 1. The summed E-state index contributed by atoms with van der Waals surface area (Å²) in [5.74, 6) is 0. The standard InChI is InChI=1S/C10H9N3O/c11-10(14)13-8-5-1-3-7-4-2-6-12-9(7)8/h1-6H,(H3,11,13,14)/p+1. The fourth-order valence-electron chi connectivity index (χ4n) is 1.39. The number of anilines is 1. The Labute approximate surface area is 80.7 Å². The summed E-state index contributed by atoms with van der Waals surface area (Å²) in [7, 11) is 0. The van der Waals surface area contributed by atoms with Gasteiger partial charge in [0.15, 0.2) is 6.20 Å². The monoisotopic (exact) mass is 188 g/mol. The zero-order valence-electron chi connectivity index (χ0n) is 7.45. The highest BCUT2D eigenvalue weighted by molar-refractivity contribution is 5.97. The van der Waals surface area contributed by atoms with Gasteiger partial charge in [0.25, 0.3) is 0 Å². The van der Waals surface area contributed by atoms with Crippen molar-refractivity contribution < 1.29 is 9.78 Å². The fraction of sp³-hybridized carbons (Fsp3) is 0. The topological polar surface area (TPSA) is 69.3 Å². The molecule has 4 heteroatoms. The van der Waals surface area contributed by atoms with Crippen molar-refractivity contribution in [3.05, 3.63) is 36.5 Å². The number of carbonyl (C=O) groups excluding carboxylic acids is 1. The molecule has 1 heterocycles. The van der Waals surface area contributed by atoms with Crippen LogP contribution in [0.15, 0.2) is 36.5 Å². The van der Waals surface area contributed by atoms with E-state index in [2.05, 4.69) is 10.3 Å². The van der Waals surface area contributed by atoms with Crippen molar-refractivity contribution in [1.29, 1.82) is 0 Å². The van der Waals surface area contributed by atoms with Gasteiger partial charge in [0.1, 0.15) is 5.69 Å². The molecule has 70 valence electrons. The molecule has 1 aromatic carbocycles. The first kappa shape index (κ1) is 8.50. The first-order chi connectivity index (χ1) is 6.77. The number of nitrogens with two attached hydrogens (primary N) is 1. The number of pyridine rings is 1. The van der Waals surface area contributed by atoms with Crippen LogP contribution in [0.5, 0.6) is 0 Å². The number of rotatable bonds is 1. The molecule has 2 aromatic rings. The molecule has 14 heavy (non-hydrogen) atoms. The van der Waals surface area contributed by atoms with Crippen molar-refractivity contribution in [3.8, 4) is 0 Å². The Bertz CT molecular complexity index is 476. The molecule has 2 amide bonds. The lowest BCUT2D eigenvalue weighted by atomic mass is 10.2. The molecule has 0 aliphatic carbocycles. The molecule has 0 radical (unpaired) electrons. The first-order valence-electron chi connectivity index (χ1n) is 4.23. The highest BCUT2D eigenvalue weighted by Gasteiger charge is 2.06. The van der Waals surface area contributed by atoms with E-state index in [4.69, 9.17) is 5.73 Å². The SMILES string of the molecule is NC(=O)Nc1cccc2ccc[nH+]c12. The molecule has 0 saturated heterocycles. The van der Waals surface area contributed by atoms with Crippen LogP contribution in [0.4, 0.5) is 10.5 Å². The number of benzene rings is 1. The van der Waals surface area contributed by atoms with Crippen LogP contribution in [0, 0.1) is 0 Å². The largest absolute Gasteiger partial charge is 0.351 e. The van der Waals surface area contributed by atoms with Crippen molar-refractivity contribution >= 4 is 22.6 Å². The highest BCUT2D eigenvalue weighted by atomic mass is 16.2. The Morgan fingerprint density at radius 3 is 2.86 bits per heavy atom. The Hall–Kier alpha value is -2.10. The third-order valence-corrected chi connectivity index (χ3v) is 1.95. The molecule has 0 bridgehead atoms. The van der Waals surface area contributed by atoms with E-state index in [9.17, 15) is 4.79 Å². The third kappa shape index (κ3) is 1.50. The van der Waals surface area contributed by atoms with Crippen molar-refractivity contribution in [2.45, 2.75) is 0 Å². The average Bonchev–Trinajstić information content (AvgIpc) is 2.18. The van der Waals surface area contributed by atoms with Gasteiger partial charge in [0, 0.05) is 11.5 Å². The third-order valence-electron chi connectivity index (χ3n) is 1.95. The Kier molecular flexibility index (Phi) is 2.02. The summed E-state index contributed by atoms with van der Waals surface area (Å²) in [6.07, 6.45) is 1.80. The van der Waals surface area contributed by atoms with Crippen LogP contribution in [-0.4, -0.2) is 6.03 Å². The van der Waals surface area contributed by atoms with E-state index in [1.165, 1.54) is 0 Å². The van der Waals surface area contributed by atoms with Crippen LogP contribution in [0.1, 0.15) is 0 Å². The van der Waals surface area contributed by atoms with Gasteiger partial charge in [0.2, 0.25) is 5.52 Å². The lowest BCUT2D eigenvalue weighted by Gasteiger charge is -2.00. The summed E-state index contributed by atoms with van der Waals surface area (Å²) in [6, 6.07) is 8.91. The van der Waals surface area contributed by atoms with Crippen LogP contribution in [0.25, 0.3) is 10.9 Å². The molecule has 1 aromatic heterocycles. The number of aromatic amines is 1. The molecule has 0 fully saturated rings. The first-order valence-corrected chi connectivity index (χ1v) is 4.23. The van der Waals surface area contributed by atoms with Gasteiger partial charge in [-0.3, -0.25) is 0 Å². The number of nitrogens with one attached hydrogen (secondary N) is 2. The summed E-state index contributed by atoms with van der Waals surface area (Å²) in [4.78, 5) is 13.8. The number of urea groups is 1. The van der Waals surface area contributed by atoms with Crippen LogP contribution < -0.4 is 16.0 Å². The number of hydrogen-bond acceptors (Lipinski definition) is 1. The number of aromatic nitrogens is 1. The number of primary amides is 1. The van der Waals surface area contributed by atoms with Gasteiger partial charge in [-0.2, -0.15) is 0 Å². The molecule has 0 spiro atoms. The van der Waals surface area contributed by atoms with Crippen LogP contribution in [0.3, 0.4) is 0 Å². The second-order valence-corrected chi connectivity index (χ2v) is 2.93. The van der Waals surface area contributed by atoms with Crippen LogP contribution >= 0.6 is 0 Å². The smallest absolute Gasteiger partial charge is 0.316 e. The summed E-state index contributed by atoms with van der Waals surface area (Å²) in [5.41, 5.74) is 6.61. The molecular weight excluding hydrogens is 178 g/mol. The number of H-pyrrole nitrogens is 1. The molecule has 4 N–H and O–H groups in total. The van der Waals surface area contributed by atoms with Crippen molar-refractivity contribution in [1.82, 2.24) is 0 Å². The molecule has 4 nitrogen and oxygen atoms in total. The quantitative estimate of drug-likeness (QED) is 0.692. The number of fused-ring (bicyclic) bond motifs is 1. The predicted octanol–water partition coefficient (Wildman–Crippen LogP) is 1.14. The van der Waals surface area contributed by atoms with Gasteiger partial charge in [-0.1, -0.05) is 6.07 Å². The molecule has 0 aliphatic heterocycles. The maximum atomic E-state index is 10.7. The maximum Gasteiger partial charge on any atom is 0.316 e. The highest BCUT2D eigenvalue weighted by Crippen LogP contribution is 2.17. The molecule has 0 aliphatic rings. The van der Waals surface area contributed by atoms with E-state index in [1.54, 1.807) is 12.3 Å². The Morgan fingerprint density at radius 2 is 2.07 bits per heavy atom. The molecule has 0 saturated carbocycles. The van der Waals surface area contributed by atoms with Gasteiger partial charge >= 0.3 is 6.03 Å². The normalized spacial score (nSPS) is 10.0. The van der Waals surface area contributed by atoms with E-state index in [-0.39, 0.29) is 0 Å². The second kappa shape index (κ2) is 3.33. The molecule has 0 unspecified atom stereocenters. The Morgan fingerprint density at radius 1 is 1.29 bits per heavy atom. The summed E-state index contributed by atoms with van der Waals surface area (Å²) < 4.78 is 0. The zero-order valence-corrected chi connectivity index (χ0v) is 7.45. The summed E-state index contributed by atoms with van der Waals surface area (Å²) in [5, 5.41) is 3.58. The number of para-hydroxylation sites is 1. The van der Waals surface area contributed by atoms with Crippen molar-refractivity contribution in [2.24, 2.45) is 5.73 Å². The van der Waals surface area contributed by atoms with E-state index in [1.807, 2.05) is 24.3 Å². The van der Waals surface area contributed by atoms with Crippen LogP contribution in [0.2, 0.25) is 0 Å². The van der Waals surface area contributed by atoms with Gasteiger partial charge in [-0.15, -0.1) is 0 Å². The van der Waals surface area contributed by atoms with Gasteiger partial charge in [-0.05, 0) is 18.2 Å². The van der Waals surface area contributed by atoms with E-state index in [0.29, 0.717) is 5.69 Å². The molecule has 0 atom stereocenters. The summed E-state index contributed by atoms with van der Waals surface area (Å²) >= 11 is 0. The minimum atomic E-state index is -0.560. The lowest BCUT2D eigenvalue weighted by Crippen LogP contribution is -2.20. The molecular formula is C10H10N3O+. The van der Waals surface area contributed by atoms with Crippen molar-refractivity contribution in [3.63, 3.8) is 0 Å².